The number of pyridine rings is 1. The van der Waals surface area contributed by atoms with Crippen LogP contribution in [0.25, 0.3) is 0 Å². The molecular formula is C13H17NO3. The molecule has 1 aromatic rings. The molecule has 4 heteroatoms. The molecule has 1 spiro atoms. The molecule has 1 aliphatic carbocycles. The molecule has 0 radical (unpaired) electrons. The number of aromatic amines is 1. The van der Waals surface area contributed by atoms with Gasteiger partial charge < -0.3 is 14.5 Å². The summed E-state index contributed by atoms with van der Waals surface area (Å²) in [6.07, 6.45) is 5.40. The number of rotatable bonds is 1. The molecule has 3 rings (SSSR count). The quantitative estimate of drug-likeness (QED) is 0.807. The van der Waals surface area contributed by atoms with Gasteiger partial charge in [0.25, 0.3) is 5.56 Å². The third-order valence-electron chi connectivity index (χ3n) is 3.85. The first kappa shape index (κ1) is 11.0. The molecule has 1 saturated heterocycles. The van der Waals surface area contributed by atoms with E-state index in [0.717, 1.165) is 31.2 Å². The van der Waals surface area contributed by atoms with Gasteiger partial charge in [0, 0.05) is 24.6 Å². The van der Waals surface area contributed by atoms with Gasteiger partial charge in [0.1, 0.15) is 0 Å². The summed E-state index contributed by atoms with van der Waals surface area (Å²) in [7, 11) is 0. The van der Waals surface area contributed by atoms with Crippen molar-refractivity contribution in [2.24, 2.45) is 0 Å². The zero-order valence-corrected chi connectivity index (χ0v) is 9.78. The highest BCUT2D eigenvalue weighted by atomic mass is 16.7. The topological polar surface area (TPSA) is 51.3 Å². The predicted molar refractivity (Wildman–Crippen MR) is 62.9 cm³/mol. The summed E-state index contributed by atoms with van der Waals surface area (Å²) < 4.78 is 11.4. The molecule has 0 aromatic carbocycles. The van der Waals surface area contributed by atoms with E-state index in [-0.39, 0.29) is 11.3 Å². The summed E-state index contributed by atoms with van der Waals surface area (Å²) in [5.74, 6) is 0.0104. The SMILES string of the molecule is O=c1[nH]cccc1C1CCC2(CC1)OCCO2. The van der Waals surface area contributed by atoms with Crippen LogP contribution in [0.1, 0.15) is 37.2 Å². The van der Waals surface area contributed by atoms with E-state index in [1.165, 1.54) is 0 Å². The van der Waals surface area contributed by atoms with Crippen molar-refractivity contribution >= 4 is 0 Å². The van der Waals surface area contributed by atoms with Gasteiger partial charge in [0.2, 0.25) is 0 Å². The van der Waals surface area contributed by atoms with Crippen LogP contribution in [0.4, 0.5) is 0 Å². The van der Waals surface area contributed by atoms with E-state index in [0.29, 0.717) is 19.1 Å². The Morgan fingerprint density at radius 1 is 1.24 bits per heavy atom. The molecule has 1 aliphatic heterocycles. The van der Waals surface area contributed by atoms with E-state index in [1.54, 1.807) is 6.20 Å². The molecule has 1 saturated carbocycles. The molecule has 0 atom stereocenters. The molecule has 1 N–H and O–H groups in total. The van der Waals surface area contributed by atoms with Gasteiger partial charge in [-0.05, 0) is 24.8 Å². The third kappa shape index (κ3) is 2.03. The summed E-state index contributed by atoms with van der Waals surface area (Å²) in [6.45, 7) is 1.41. The van der Waals surface area contributed by atoms with Gasteiger partial charge in [-0.1, -0.05) is 6.07 Å². The standard InChI is InChI=1S/C13H17NO3/c15-12-11(2-1-7-14-12)10-3-5-13(6-4-10)16-8-9-17-13/h1-2,7,10H,3-6,8-9H2,(H,14,15). The molecule has 0 amide bonds. The molecule has 92 valence electrons. The Kier molecular flexibility index (Phi) is 2.76. The lowest BCUT2D eigenvalue weighted by atomic mass is 9.81. The first-order valence-corrected chi connectivity index (χ1v) is 6.25. The molecule has 17 heavy (non-hydrogen) atoms. The van der Waals surface area contributed by atoms with Crippen molar-refractivity contribution < 1.29 is 9.47 Å². The summed E-state index contributed by atoms with van der Waals surface area (Å²) in [6, 6.07) is 3.82. The Hall–Kier alpha value is -1.13. The van der Waals surface area contributed by atoms with Gasteiger partial charge in [-0.15, -0.1) is 0 Å². The highest BCUT2D eigenvalue weighted by Gasteiger charge is 2.40. The van der Waals surface area contributed by atoms with Crippen LogP contribution in [0.15, 0.2) is 23.1 Å². The monoisotopic (exact) mass is 235 g/mol. The zero-order chi connectivity index (χ0) is 11.7. The smallest absolute Gasteiger partial charge is 0.251 e. The molecule has 2 heterocycles. The molecular weight excluding hydrogens is 218 g/mol. The fourth-order valence-electron chi connectivity index (χ4n) is 2.91. The van der Waals surface area contributed by atoms with Gasteiger partial charge >= 0.3 is 0 Å². The predicted octanol–water partition coefficient (Wildman–Crippen LogP) is 1.78. The minimum absolute atomic E-state index is 0.0432. The van der Waals surface area contributed by atoms with Crippen molar-refractivity contribution in [3.8, 4) is 0 Å². The first-order chi connectivity index (χ1) is 8.29. The number of nitrogens with one attached hydrogen (secondary N) is 1. The van der Waals surface area contributed by atoms with Crippen molar-refractivity contribution in [1.29, 1.82) is 0 Å². The average Bonchev–Trinajstić information content (AvgIpc) is 2.80. The Bertz CT molecular complexity index is 438. The van der Waals surface area contributed by atoms with E-state index >= 15 is 0 Å². The van der Waals surface area contributed by atoms with Crippen molar-refractivity contribution in [2.75, 3.05) is 13.2 Å². The summed E-state index contributed by atoms with van der Waals surface area (Å²) in [5.41, 5.74) is 0.946. The van der Waals surface area contributed by atoms with Gasteiger partial charge in [0.05, 0.1) is 13.2 Å². The van der Waals surface area contributed by atoms with Gasteiger partial charge in [-0.3, -0.25) is 4.79 Å². The van der Waals surface area contributed by atoms with E-state index in [4.69, 9.17) is 9.47 Å². The second kappa shape index (κ2) is 4.27. The number of H-pyrrole nitrogens is 1. The third-order valence-corrected chi connectivity index (χ3v) is 3.85. The second-order valence-corrected chi connectivity index (χ2v) is 4.84. The molecule has 1 aromatic heterocycles. The zero-order valence-electron chi connectivity index (χ0n) is 9.78. The van der Waals surface area contributed by atoms with Crippen molar-refractivity contribution in [3.63, 3.8) is 0 Å². The van der Waals surface area contributed by atoms with Crippen molar-refractivity contribution in [1.82, 2.24) is 4.98 Å². The van der Waals surface area contributed by atoms with E-state index < -0.39 is 0 Å². The minimum Gasteiger partial charge on any atom is -0.348 e. The lowest BCUT2D eigenvalue weighted by Gasteiger charge is -2.35. The van der Waals surface area contributed by atoms with Crippen LogP contribution >= 0.6 is 0 Å². The van der Waals surface area contributed by atoms with Gasteiger partial charge in [-0.2, -0.15) is 0 Å². The fourth-order valence-corrected chi connectivity index (χ4v) is 2.91. The van der Waals surface area contributed by atoms with E-state index in [2.05, 4.69) is 4.98 Å². The maximum absolute atomic E-state index is 11.7. The number of hydrogen-bond acceptors (Lipinski definition) is 3. The number of ether oxygens (including phenoxy) is 2. The van der Waals surface area contributed by atoms with Crippen LogP contribution in [0.5, 0.6) is 0 Å². The van der Waals surface area contributed by atoms with Crippen LogP contribution in [0.2, 0.25) is 0 Å². The van der Waals surface area contributed by atoms with Crippen LogP contribution in [-0.4, -0.2) is 24.0 Å². The lowest BCUT2D eigenvalue weighted by Crippen LogP contribution is -2.35. The second-order valence-electron chi connectivity index (χ2n) is 4.84. The maximum atomic E-state index is 11.7. The van der Waals surface area contributed by atoms with Crippen molar-refractivity contribution in [2.45, 2.75) is 37.4 Å². The summed E-state index contributed by atoms with van der Waals surface area (Å²) >= 11 is 0. The number of hydrogen-bond donors (Lipinski definition) is 1. The maximum Gasteiger partial charge on any atom is 0.251 e. The van der Waals surface area contributed by atoms with Crippen LogP contribution < -0.4 is 5.56 Å². The Balaban J connectivity index is 1.73. The largest absolute Gasteiger partial charge is 0.348 e. The lowest BCUT2D eigenvalue weighted by molar-refractivity contribution is -0.178. The summed E-state index contributed by atoms with van der Waals surface area (Å²) in [5, 5.41) is 0. The Morgan fingerprint density at radius 2 is 1.94 bits per heavy atom. The van der Waals surface area contributed by atoms with Gasteiger partial charge in [0.15, 0.2) is 5.79 Å². The Morgan fingerprint density at radius 3 is 2.59 bits per heavy atom. The molecule has 0 unspecified atom stereocenters. The normalized spacial score (nSPS) is 24.2. The highest BCUT2D eigenvalue weighted by molar-refractivity contribution is 5.16. The van der Waals surface area contributed by atoms with Crippen LogP contribution in [0, 0.1) is 0 Å². The van der Waals surface area contributed by atoms with Crippen molar-refractivity contribution in [3.05, 3.63) is 34.2 Å². The highest BCUT2D eigenvalue weighted by Crippen LogP contribution is 2.41. The first-order valence-electron chi connectivity index (χ1n) is 6.25. The molecule has 2 fully saturated rings. The van der Waals surface area contributed by atoms with Gasteiger partial charge in [-0.25, -0.2) is 0 Å². The molecule has 4 nitrogen and oxygen atoms in total. The van der Waals surface area contributed by atoms with Crippen LogP contribution in [-0.2, 0) is 9.47 Å². The summed E-state index contributed by atoms with van der Waals surface area (Å²) in [4.78, 5) is 14.5. The average molecular weight is 235 g/mol. The van der Waals surface area contributed by atoms with E-state index in [9.17, 15) is 4.79 Å². The molecule has 0 bridgehead atoms. The Labute approximate surface area is 99.9 Å². The number of aromatic nitrogens is 1. The minimum atomic E-state index is -0.335. The molecule has 2 aliphatic rings. The fraction of sp³-hybridized carbons (Fsp3) is 0.615. The van der Waals surface area contributed by atoms with Crippen LogP contribution in [0.3, 0.4) is 0 Å². The van der Waals surface area contributed by atoms with E-state index in [1.807, 2.05) is 12.1 Å².